The summed E-state index contributed by atoms with van der Waals surface area (Å²) in [5.41, 5.74) is 0.673. The van der Waals surface area contributed by atoms with Gasteiger partial charge in [-0.05, 0) is 25.0 Å². The molecule has 0 bridgehead atoms. The second-order valence-electron chi connectivity index (χ2n) is 5.95. The summed E-state index contributed by atoms with van der Waals surface area (Å²) in [7, 11) is -2.81. The highest BCUT2D eigenvalue weighted by molar-refractivity contribution is 7.91. The van der Waals surface area contributed by atoms with Crippen molar-refractivity contribution < 1.29 is 13.2 Å². The number of hydrogen-bond acceptors (Lipinski definition) is 5. The Hall–Kier alpha value is -1.47. The maximum Gasteiger partial charge on any atom is 0.254 e. The monoisotopic (exact) mass is 323 g/mol. The Morgan fingerprint density at radius 2 is 1.64 bits per heavy atom. The highest BCUT2D eigenvalue weighted by Gasteiger charge is 2.31. The quantitative estimate of drug-likeness (QED) is 0.789. The predicted molar refractivity (Wildman–Crippen MR) is 83.4 cm³/mol. The van der Waals surface area contributed by atoms with Gasteiger partial charge in [-0.2, -0.15) is 0 Å². The standard InChI is InChI=1S/C15H21N3O3S/c19-15(13-1-5-16-6-2-13)18-9-7-17(8-10-18)14-3-11-22(20,21)12-4-14/h1-2,5-6,14H,3-4,7-12H2. The Morgan fingerprint density at radius 3 is 2.23 bits per heavy atom. The summed E-state index contributed by atoms with van der Waals surface area (Å²) in [5, 5.41) is 0. The summed E-state index contributed by atoms with van der Waals surface area (Å²) in [6, 6.07) is 3.82. The first kappa shape index (κ1) is 15.4. The Labute approximate surface area is 131 Å². The molecule has 2 saturated heterocycles. The topological polar surface area (TPSA) is 70.6 Å². The third-order valence-electron chi connectivity index (χ3n) is 4.57. The van der Waals surface area contributed by atoms with Crippen LogP contribution in [0.3, 0.4) is 0 Å². The Bertz CT molecular complexity index is 611. The van der Waals surface area contributed by atoms with Crippen molar-refractivity contribution in [2.24, 2.45) is 0 Å². The lowest BCUT2D eigenvalue weighted by Crippen LogP contribution is -2.53. The van der Waals surface area contributed by atoms with Gasteiger partial charge in [-0.25, -0.2) is 8.42 Å². The fourth-order valence-electron chi connectivity index (χ4n) is 3.21. The minimum absolute atomic E-state index is 0.0493. The Morgan fingerprint density at radius 1 is 1.05 bits per heavy atom. The minimum Gasteiger partial charge on any atom is -0.336 e. The Balaban J connectivity index is 1.54. The summed E-state index contributed by atoms with van der Waals surface area (Å²) in [4.78, 5) is 20.5. The van der Waals surface area contributed by atoms with Crippen molar-refractivity contribution in [2.45, 2.75) is 18.9 Å². The van der Waals surface area contributed by atoms with Crippen LogP contribution in [0.2, 0.25) is 0 Å². The lowest BCUT2D eigenvalue weighted by Gasteiger charge is -2.40. The maximum atomic E-state index is 12.4. The van der Waals surface area contributed by atoms with Crippen molar-refractivity contribution in [1.82, 2.24) is 14.8 Å². The number of pyridine rings is 1. The number of carbonyl (C=O) groups is 1. The van der Waals surface area contributed by atoms with E-state index in [0.717, 1.165) is 25.9 Å². The minimum atomic E-state index is -2.81. The van der Waals surface area contributed by atoms with Crippen LogP contribution < -0.4 is 0 Å². The molecule has 22 heavy (non-hydrogen) atoms. The SMILES string of the molecule is O=C(c1ccncc1)N1CCN(C2CCS(=O)(=O)CC2)CC1. The average Bonchev–Trinajstić information content (AvgIpc) is 2.55. The number of rotatable bonds is 2. The molecule has 0 radical (unpaired) electrons. The molecule has 2 fully saturated rings. The first-order valence-corrected chi connectivity index (χ1v) is 9.51. The van der Waals surface area contributed by atoms with Gasteiger partial charge < -0.3 is 4.90 Å². The largest absolute Gasteiger partial charge is 0.336 e. The van der Waals surface area contributed by atoms with Gasteiger partial charge in [-0.1, -0.05) is 0 Å². The average molecular weight is 323 g/mol. The third kappa shape index (κ3) is 3.47. The number of carbonyl (C=O) groups excluding carboxylic acids is 1. The van der Waals surface area contributed by atoms with Crippen LogP contribution in [0.25, 0.3) is 0 Å². The first-order chi connectivity index (χ1) is 10.6. The molecule has 2 aliphatic rings. The van der Waals surface area contributed by atoms with Crippen LogP contribution in [0.15, 0.2) is 24.5 Å². The van der Waals surface area contributed by atoms with Gasteiger partial charge in [0, 0.05) is 50.2 Å². The molecule has 120 valence electrons. The molecule has 1 amide bonds. The third-order valence-corrected chi connectivity index (χ3v) is 6.28. The number of piperazine rings is 1. The highest BCUT2D eigenvalue weighted by atomic mass is 32.2. The molecular weight excluding hydrogens is 302 g/mol. The molecule has 0 unspecified atom stereocenters. The van der Waals surface area contributed by atoms with Crippen LogP contribution in [0, 0.1) is 0 Å². The van der Waals surface area contributed by atoms with Crippen LogP contribution in [0.5, 0.6) is 0 Å². The van der Waals surface area contributed by atoms with Gasteiger partial charge in [0.2, 0.25) is 0 Å². The van der Waals surface area contributed by atoms with Gasteiger partial charge in [0.05, 0.1) is 11.5 Å². The fourth-order valence-corrected chi connectivity index (χ4v) is 4.68. The van der Waals surface area contributed by atoms with E-state index in [1.165, 1.54) is 0 Å². The van der Waals surface area contributed by atoms with E-state index in [1.807, 2.05) is 4.90 Å². The zero-order chi connectivity index (χ0) is 15.6. The van der Waals surface area contributed by atoms with Gasteiger partial charge in [0.15, 0.2) is 0 Å². The van der Waals surface area contributed by atoms with Crippen molar-refractivity contribution in [1.29, 1.82) is 0 Å². The van der Waals surface area contributed by atoms with Gasteiger partial charge >= 0.3 is 0 Å². The molecular formula is C15H21N3O3S. The van der Waals surface area contributed by atoms with Crippen LogP contribution in [0.4, 0.5) is 0 Å². The predicted octanol–water partition coefficient (Wildman–Crippen LogP) is 0.417. The Kier molecular flexibility index (Phi) is 4.44. The normalized spacial score (nSPS) is 23.4. The zero-order valence-corrected chi connectivity index (χ0v) is 13.3. The van der Waals surface area contributed by atoms with E-state index < -0.39 is 9.84 Å². The molecule has 7 heteroatoms. The van der Waals surface area contributed by atoms with Crippen molar-refractivity contribution >= 4 is 15.7 Å². The number of nitrogens with zero attached hydrogens (tertiary/aromatic N) is 3. The van der Waals surface area contributed by atoms with Gasteiger partial charge in [0.1, 0.15) is 9.84 Å². The van der Waals surface area contributed by atoms with Crippen molar-refractivity contribution in [3.63, 3.8) is 0 Å². The van der Waals surface area contributed by atoms with Crippen LogP contribution in [-0.2, 0) is 9.84 Å². The lowest BCUT2D eigenvalue weighted by molar-refractivity contribution is 0.0557. The van der Waals surface area contributed by atoms with E-state index in [4.69, 9.17) is 0 Å². The van der Waals surface area contributed by atoms with Crippen LogP contribution >= 0.6 is 0 Å². The van der Waals surface area contributed by atoms with E-state index in [9.17, 15) is 13.2 Å². The molecule has 2 aliphatic heterocycles. The van der Waals surface area contributed by atoms with Gasteiger partial charge in [0.25, 0.3) is 5.91 Å². The van der Waals surface area contributed by atoms with Gasteiger partial charge in [-0.3, -0.25) is 14.7 Å². The first-order valence-electron chi connectivity index (χ1n) is 7.69. The highest BCUT2D eigenvalue weighted by Crippen LogP contribution is 2.20. The second-order valence-corrected chi connectivity index (χ2v) is 8.25. The number of aromatic nitrogens is 1. The maximum absolute atomic E-state index is 12.4. The molecule has 0 aromatic carbocycles. The summed E-state index contributed by atoms with van der Waals surface area (Å²) in [6.45, 7) is 3.04. The molecule has 0 aliphatic carbocycles. The zero-order valence-electron chi connectivity index (χ0n) is 12.5. The summed E-state index contributed by atoms with van der Waals surface area (Å²) in [6.07, 6.45) is 4.71. The fraction of sp³-hybridized carbons (Fsp3) is 0.600. The molecule has 3 rings (SSSR count). The summed E-state index contributed by atoms with van der Waals surface area (Å²) < 4.78 is 23.0. The van der Waals surface area contributed by atoms with E-state index in [2.05, 4.69) is 9.88 Å². The summed E-state index contributed by atoms with van der Waals surface area (Å²) in [5.74, 6) is 0.648. The number of hydrogen-bond donors (Lipinski definition) is 0. The summed E-state index contributed by atoms with van der Waals surface area (Å²) >= 11 is 0. The number of sulfone groups is 1. The molecule has 0 saturated carbocycles. The molecule has 1 aromatic rings. The lowest BCUT2D eigenvalue weighted by atomic mass is 10.1. The van der Waals surface area contributed by atoms with Crippen LogP contribution in [-0.4, -0.2) is 72.8 Å². The number of amides is 1. The molecule has 1 aromatic heterocycles. The molecule has 0 spiro atoms. The second kappa shape index (κ2) is 6.34. The smallest absolute Gasteiger partial charge is 0.254 e. The van der Waals surface area contributed by atoms with Crippen LogP contribution in [0.1, 0.15) is 23.2 Å². The molecule has 6 nitrogen and oxygen atoms in total. The van der Waals surface area contributed by atoms with E-state index in [1.54, 1.807) is 24.5 Å². The molecule has 0 N–H and O–H groups in total. The van der Waals surface area contributed by atoms with Gasteiger partial charge in [-0.15, -0.1) is 0 Å². The molecule has 3 heterocycles. The van der Waals surface area contributed by atoms with E-state index in [-0.39, 0.29) is 5.91 Å². The van der Waals surface area contributed by atoms with Crippen molar-refractivity contribution in [3.8, 4) is 0 Å². The van der Waals surface area contributed by atoms with E-state index in [0.29, 0.717) is 36.2 Å². The van der Waals surface area contributed by atoms with Crippen molar-refractivity contribution in [3.05, 3.63) is 30.1 Å². The molecule has 0 atom stereocenters. The van der Waals surface area contributed by atoms with E-state index >= 15 is 0 Å². The van der Waals surface area contributed by atoms with Crippen molar-refractivity contribution in [2.75, 3.05) is 37.7 Å².